The van der Waals surface area contributed by atoms with Gasteiger partial charge in [0.05, 0.1) is 12.7 Å². The summed E-state index contributed by atoms with van der Waals surface area (Å²) in [6.07, 6.45) is 4.29. The summed E-state index contributed by atoms with van der Waals surface area (Å²) in [6.45, 7) is 9.99. The van der Waals surface area contributed by atoms with Crippen LogP contribution in [0.15, 0.2) is 0 Å². The normalized spacial score (nSPS) is 30.8. The molecule has 1 N–H and O–H groups in total. The van der Waals surface area contributed by atoms with Crippen LogP contribution >= 0.6 is 0 Å². The minimum Gasteiger partial charge on any atom is -0.374 e. The topological polar surface area (TPSA) is 27.7 Å². The number of nitrogens with zero attached hydrogens (tertiary/aromatic N) is 2. The molecule has 2 aliphatic heterocycles. The minimum absolute atomic E-state index is 0.400. The second-order valence-electron chi connectivity index (χ2n) is 5.75. The highest BCUT2D eigenvalue weighted by Crippen LogP contribution is 2.14. The van der Waals surface area contributed by atoms with Crippen LogP contribution in [0.25, 0.3) is 0 Å². The zero-order valence-electron chi connectivity index (χ0n) is 12.0. The second kappa shape index (κ2) is 7.43. The van der Waals surface area contributed by atoms with Crippen molar-refractivity contribution in [1.29, 1.82) is 0 Å². The Morgan fingerprint density at radius 1 is 1.44 bits per heavy atom. The molecule has 4 nitrogen and oxygen atoms in total. The Bertz CT molecular complexity index is 231. The van der Waals surface area contributed by atoms with Crippen LogP contribution in [0.5, 0.6) is 0 Å². The fourth-order valence-electron chi connectivity index (χ4n) is 3.09. The lowest BCUT2D eigenvalue weighted by molar-refractivity contribution is -0.0427. The molecule has 2 saturated heterocycles. The number of piperidine rings is 1. The summed E-state index contributed by atoms with van der Waals surface area (Å²) in [7, 11) is 2.20. The maximum Gasteiger partial charge on any atom is 0.0829 e. The highest BCUT2D eigenvalue weighted by molar-refractivity contribution is 4.82. The maximum absolute atomic E-state index is 5.91. The van der Waals surface area contributed by atoms with E-state index >= 15 is 0 Å². The van der Waals surface area contributed by atoms with Gasteiger partial charge in [-0.3, -0.25) is 4.90 Å². The number of likely N-dealkylation sites (N-methyl/N-ethyl adjacent to an activating group) is 1. The predicted octanol–water partition coefficient (Wildman–Crippen LogP) is 0.781. The lowest BCUT2D eigenvalue weighted by Gasteiger charge is -2.39. The molecule has 0 saturated carbocycles. The van der Waals surface area contributed by atoms with Gasteiger partial charge in [-0.25, -0.2) is 0 Å². The van der Waals surface area contributed by atoms with Gasteiger partial charge in [0.15, 0.2) is 0 Å². The van der Waals surface area contributed by atoms with Crippen molar-refractivity contribution >= 4 is 0 Å². The zero-order chi connectivity index (χ0) is 12.8. The third kappa shape index (κ3) is 4.19. The summed E-state index contributed by atoms with van der Waals surface area (Å²) < 4.78 is 5.91. The molecule has 106 valence electrons. The quantitative estimate of drug-likeness (QED) is 0.786. The van der Waals surface area contributed by atoms with Gasteiger partial charge >= 0.3 is 0 Å². The molecule has 0 amide bonds. The van der Waals surface area contributed by atoms with E-state index in [9.17, 15) is 0 Å². The smallest absolute Gasteiger partial charge is 0.0829 e. The summed E-state index contributed by atoms with van der Waals surface area (Å²) in [5.74, 6) is 0. The molecule has 0 aromatic rings. The largest absolute Gasteiger partial charge is 0.374 e. The molecule has 2 fully saturated rings. The lowest BCUT2D eigenvalue weighted by atomic mass is 10.0. The van der Waals surface area contributed by atoms with Crippen molar-refractivity contribution in [3.63, 3.8) is 0 Å². The Labute approximate surface area is 112 Å². The first kappa shape index (κ1) is 14.3. The van der Waals surface area contributed by atoms with Gasteiger partial charge in [0.1, 0.15) is 0 Å². The van der Waals surface area contributed by atoms with Crippen LogP contribution in [0, 0.1) is 0 Å². The van der Waals surface area contributed by atoms with E-state index in [2.05, 4.69) is 29.1 Å². The average molecular weight is 255 g/mol. The monoisotopic (exact) mass is 255 g/mol. The van der Waals surface area contributed by atoms with Crippen molar-refractivity contribution in [1.82, 2.24) is 15.1 Å². The molecule has 4 heteroatoms. The number of ether oxygens (including phenoxy) is 1. The third-order valence-corrected chi connectivity index (χ3v) is 4.08. The molecular weight excluding hydrogens is 226 g/mol. The Balaban J connectivity index is 1.84. The molecule has 0 bridgehead atoms. The Morgan fingerprint density at radius 3 is 3.00 bits per heavy atom. The first-order chi connectivity index (χ1) is 8.79. The zero-order valence-corrected chi connectivity index (χ0v) is 12.0. The standard InChI is InChI=1S/C14H29N3O/c1-3-7-17(13-5-4-6-15-10-13)12-14-11-16(2)8-9-18-14/h13-15H,3-12H2,1-2H3. The molecule has 0 spiro atoms. The van der Waals surface area contributed by atoms with Crippen molar-refractivity contribution in [2.45, 2.75) is 38.3 Å². The van der Waals surface area contributed by atoms with Gasteiger partial charge in [-0.1, -0.05) is 6.92 Å². The van der Waals surface area contributed by atoms with Gasteiger partial charge in [-0.15, -0.1) is 0 Å². The van der Waals surface area contributed by atoms with Crippen molar-refractivity contribution in [3.8, 4) is 0 Å². The van der Waals surface area contributed by atoms with Gasteiger partial charge < -0.3 is 15.0 Å². The van der Waals surface area contributed by atoms with Gasteiger partial charge in [0, 0.05) is 32.2 Å². The van der Waals surface area contributed by atoms with Crippen LogP contribution in [-0.2, 0) is 4.74 Å². The molecule has 18 heavy (non-hydrogen) atoms. The van der Waals surface area contributed by atoms with E-state index in [0.717, 1.165) is 38.8 Å². The van der Waals surface area contributed by atoms with Gasteiger partial charge in [-0.05, 0) is 39.4 Å². The fraction of sp³-hybridized carbons (Fsp3) is 1.00. The van der Waals surface area contributed by atoms with E-state index in [0.29, 0.717) is 6.10 Å². The van der Waals surface area contributed by atoms with Crippen LogP contribution in [0.4, 0.5) is 0 Å². The summed E-state index contributed by atoms with van der Waals surface area (Å²) >= 11 is 0. The minimum atomic E-state index is 0.400. The number of hydrogen-bond donors (Lipinski definition) is 1. The molecule has 0 aliphatic carbocycles. The molecular formula is C14H29N3O. The van der Waals surface area contributed by atoms with Crippen molar-refractivity contribution < 1.29 is 4.74 Å². The number of rotatable bonds is 5. The Kier molecular flexibility index (Phi) is 5.89. The van der Waals surface area contributed by atoms with Crippen LogP contribution in [-0.4, -0.2) is 74.9 Å². The summed E-state index contributed by atoms with van der Waals surface area (Å²) in [5, 5.41) is 3.53. The van der Waals surface area contributed by atoms with Crippen molar-refractivity contribution in [3.05, 3.63) is 0 Å². The van der Waals surface area contributed by atoms with Gasteiger partial charge in [0.25, 0.3) is 0 Å². The Hall–Kier alpha value is -0.160. The van der Waals surface area contributed by atoms with Crippen LogP contribution < -0.4 is 5.32 Å². The number of hydrogen-bond acceptors (Lipinski definition) is 4. The molecule has 0 aromatic heterocycles. The van der Waals surface area contributed by atoms with E-state index in [-0.39, 0.29) is 0 Å². The average Bonchev–Trinajstić information content (AvgIpc) is 2.39. The highest BCUT2D eigenvalue weighted by Gasteiger charge is 2.25. The lowest BCUT2D eigenvalue weighted by Crippen LogP contribution is -2.52. The Morgan fingerprint density at radius 2 is 2.33 bits per heavy atom. The van der Waals surface area contributed by atoms with Gasteiger partial charge in [0.2, 0.25) is 0 Å². The van der Waals surface area contributed by atoms with E-state index in [1.165, 1.54) is 32.4 Å². The molecule has 2 unspecified atom stereocenters. The molecule has 0 aromatic carbocycles. The number of morpholine rings is 1. The SMILES string of the molecule is CCCN(CC1CN(C)CCO1)C1CCCNC1. The van der Waals surface area contributed by atoms with E-state index in [1.54, 1.807) is 0 Å². The summed E-state index contributed by atoms with van der Waals surface area (Å²) in [4.78, 5) is 5.04. The van der Waals surface area contributed by atoms with E-state index in [1.807, 2.05) is 0 Å². The van der Waals surface area contributed by atoms with Crippen LogP contribution in [0.3, 0.4) is 0 Å². The fourth-order valence-corrected chi connectivity index (χ4v) is 3.09. The highest BCUT2D eigenvalue weighted by atomic mass is 16.5. The number of nitrogens with one attached hydrogen (secondary N) is 1. The first-order valence-electron chi connectivity index (χ1n) is 7.54. The van der Waals surface area contributed by atoms with E-state index in [4.69, 9.17) is 4.74 Å². The van der Waals surface area contributed by atoms with Crippen LogP contribution in [0.1, 0.15) is 26.2 Å². The first-order valence-corrected chi connectivity index (χ1v) is 7.54. The summed E-state index contributed by atoms with van der Waals surface area (Å²) in [6, 6.07) is 0.717. The molecule has 2 atom stereocenters. The maximum atomic E-state index is 5.91. The van der Waals surface area contributed by atoms with E-state index < -0.39 is 0 Å². The predicted molar refractivity (Wildman–Crippen MR) is 75.0 cm³/mol. The third-order valence-electron chi connectivity index (χ3n) is 4.08. The molecule has 2 aliphatic rings. The van der Waals surface area contributed by atoms with Crippen LogP contribution in [0.2, 0.25) is 0 Å². The second-order valence-corrected chi connectivity index (χ2v) is 5.75. The van der Waals surface area contributed by atoms with Gasteiger partial charge in [-0.2, -0.15) is 0 Å². The molecule has 0 radical (unpaired) electrons. The van der Waals surface area contributed by atoms with Crippen molar-refractivity contribution in [2.75, 3.05) is 52.9 Å². The molecule has 2 heterocycles. The summed E-state index contributed by atoms with van der Waals surface area (Å²) in [5.41, 5.74) is 0. The van der Waals surface area contributed by atoms with Crippen molar-refractivity contribution in [2.24, 2.45) is 0 Å². The molecule has 2 rings (SSSR count).